The van der Waals surface area contributed by atoms with E-state index in [-0.39, 0.29) is 5.75 Å². The Labute approximate surface area is 105 Å². The predicted octanol–water partition coefficient (Wildman–Crippen LogP) is 0.128. The van der Waals surface area contributed by atoms with Gasteiger partial charge in [0.15, 0.2) is 5.65 Å². The van der Waals surface area contributed by atoms with Crippen LogP contribution in [0.2, 0.25) is 0 Å². The molecule has 98 valence electrons. The number of primary sulfonamides is 1. The van der Waals surface area contributed by atoms with Crippen molar-refractivity contribution in [1.82, 2.24) is 14.6 Å². The number of nitrogens with zero attached hydrogens (tertiary/aromatic N) is 3. The molecule has 3 N–H and O–H groups in total. The lowest BCUT2D eigenvalue weighted by atomic mass is 10.3. The van der Waals surface area contributed by atoms with Crippen molar-refractivity contribution < 1.29 is 8.42 Å². The van der Waals surface area contributed by atoms with Crippen LogP contribution in [0.1, 0.15) is 12.0 Å². The lowest BCUT2D eigenvalue weighted by molar-refractivity contribution is 0.595. The molecule has 0 saturated heterocycles. The summed E-state index contributed by atoms with van der Waals surface area (Å²) in [6, 6.07) is 3.86. The summed E-state index contributed by atoms with van der Waals surface area (Å²) < 4.78 is 23.1. The Bertz CT molecular complexity index is 649. The fourth-order valence-electron chi connectivity index (χ4n) is 1.53. The molecular formula is C10H15N5O2S. The van der Waals surface area contributed by atoms with Gasteiger partial charge < -0.3 is 5.32 Å². The van der Waals surface area contributed by atoms with Gasteiger partial charge in [-0.2, -0.15) is 4.98 Å². The number of fused-ring (bicyclic) bond motifs is 1. The van der Waals surface area contributed by atoms with Crippen LogP contribution >= 0.6 is 0 Å². The van der Waals surface area contributed by atoms with E-state index < -0.39 is 10.0 Å². The number of aromatic nitrogens is 3. The van der Waals surface area contributed by atoms with E-state index >= 15 is 0 Å². The summed E-state index contributed by atoms with van der Waals surface area (Å²) in [6.45, 7) is 2.44. The molecule has 2 rings (SSSR count). The second-order valence-electron chi connectivity index (χ2n) is 4.09. The van der Waals surface area contributed by atoms with Gasteiger partial charge in [-0.05, 0) is 31.0 Å². The number of anilines is 1. The third-order valence-electron chi connectivity index (χ3n) is 2.38. The topological polar surface area (TPSA) is 102 Å². The molecule has 0 unspecified atom stereocenters. The highest BCUT2D eigenvalue weighted by Crippen LogP contribution is 2.07. The molecule has 2 heterocycles. The van der Waals surface area contributed by atoms with Crippen LogP contribution < -0.4 is 10.5 Å². The van der Waals surface area contributed by atoms with Crippen molar-refractivity contribution in [3.05, 3.63) is 23.9 Å². The summed E-state index contributed by atoms with van der Waals surface area (Å²) in [5, 5.41) is 12.1. The Hall–Kier alpha value is -1.67. The number of pyridine rings is 1. The van der Waals surface area contributed by atoms with Gasteiger partial charge >= 0.3 is 0 Å². The van der Waals surface area contributed by atoms with Crippen LogP contribution in [0.5, 0.6) is 0 Å². The number of aryl methyl sites for hydroxylation is 1. The maximum atomic E-state index is 10.7. The van der Waals surface area contributed by atoms with Gasteiger partial charge in [-0.15, -0.1) is 5.10 Å². The Morgan fingerprint density at radius 2 is 2.28 bits per heavy atom. The number of nitrogens with two attached hydrogens (primary N) is 1. The van der Waals surface area contributed by atoms with E-state index in [0.29, 0.717) is 18.9 Å². The molecule has 18 heavy (non-hydrogen) atoms. The average molecular weight is 269 g/mol. The SMILES string of the molecule is Cc1ccn2nc(NCCCS(N)(=O)=O)nc2c1. The van der Waals surface area contributed by atoms with Crippen molar-refractivity contribution >= 4 is 21.6 Å². The second kappa shape index (κ2) is 4.91. The van der Waals surface area contributed by atoms with Crippen LogP contribution in [-0.2, 0) is 10.0 Å². The van der Waals surface area contributed by atoms with Gasteiger partial charge in [0.1, 0.15) is 0 Å². The quantitative estimate of drug-likeness (QED) is 0.751. The number of hydrogen-bond donors (Lipinski definition) is 2. The largest absolute Gasteiger partial charge is 0.353 e. The van der Waals surface area contributed by atoms with Crippen LogP contribution in [0, 0.1) is 6.92 Å². The maximum absolute atomic E-state index is 10.7. The van der Waals surface area contributed by atoms with Gasteiger partial charge in [-0.1, -0.05) is 0 Å². The number of nitrogens with one attached hydrogen (secondary N) is 1. The maximum Gasteiger partial charge on any atom is 0.243 e. The van der Waals surface area contributed by atoms with Crippen molar-refractivity contribution in [3.8, 4) is 0 Å². The minimum absolute atomic E-state index is 0.0491. The van der Waals surface area contributed by atoms with E-state index in [1.807, 2.05) is 25.3 Å². The molecule has 7 nitrogen and oxygen atoms in total. The van der Waals surface area contributed by atoms with E-state index in [1.165, 1.54) is 0 Å². The molecule has 0 fully saturated rings. The van der Waals surface area contributed by atoms with Crippen molar-refractivity contribution in [2.75, 3.05) is 17.6 Å². The predicted molar refractivity (Wildman–Crippen MR) is 68.8 cm³/mol. The normalized spacial score (nSPS) is 11.9. The summed E-state index contributed by atoms with van der Waals surface area (Å²) in [6.07, 6.45) is 2.25. The first-order chi connectivity index (χ1) is 8.44. The molecule has 2 aromatic rings. The highest BCUT2D eigenvalue weighted by atomic mass is 32.2. The lowest BCUT2D eigenvalue weighted by Crippen LogP contribution is -2.18. The first-order valence-electron chi connectivity index (χ1n) is 5.51. The molecule has 0 atom stereocenters. The molecule has 0 bridgehead atoms. The van der Waals surface area contributed by atoms with Crippen molar-refractivity contribution in [2.45, 2.75) is 13.3 Å². The summed E-state index contributed by atoms with van der Waals surface area (Å²) in [4.78, 5) is 4.27. The molecule has 0 aliphatic carbocycles. The molecule has 0 amide bonds. The third-order valence-corrected chi connectivity index (χ3v) is 3.24. The molecule has 0 saturated carbocycles. The zero-order chi connectivity index (χ0) is 13.2. The Morgan fingerprint density at radius 3 is 3.00 bits per heavy atom. The van der Waals surface area contributed by atoms with Crippen molar-refractivity contribution in [3.63, 3.8) is 0 Å². The second-order valence-corrected chi connectivity index (χ2v) is 5.82. The Morgan fingerprint density at radius 1 is 1.50 bits per heavy atom. The van der Waals surface area contributed by atoms with Crippen molar-refractivity contribution in [1.29, 1.82) is 0 Å². The van der Waals surface area contributed by atoms with Gasteiger partial charge in [0.25, 0.3) is 0 Å². The zero-order valence-electron chi connectivity index (χ0n) is 10.00. The van der Waals surface area contributed by atoms with Gasteiger partial charge in [-0.25, -0.2) is 18.1 Å². The highest BCUT2D eigenvalue weighted by Gasteiger charge is 2.04. The number of hydrogen-bond acceptors (Lipinski definition) is 5. The molecule has 0 radical (unpaired) electrons. The van der Waals surface area contributed by atoms with Crippen LogP contribution in [0.3, 0.4) is 0 Å². The van der Waals surface area contributed by atoms with E-state index in [1.54, 1.807) is 4.52 Å². The number of sulfonamides is 1. The summed E-state index contributed by atoms with van der Waals surface area (Å²) >= 11 is 0. The van der Waals surface area contributed by atoms with Crippen LogP contribution in [0.4, 0.5) is 5.95 Å². The summed E-state index contributed by atoms with van der Waals surface area (Å²) in [7, 11) is -3.39. The van der Waals surface area contributed by atoms with Gasteiger partial charge in [0.2, 0.25) is 16.0 Å². The highest BCUT2D eigenvalue weighted by molar-refractivity contribution is 7.89. The minimum atomic E-state index is -3.39. The third kappa shape index (κ3) is 3.41. The summed E-state index contributed by atoms with van der Waals surface area (Å²) in [5.41, 5.74) is 1.86. The molecular weight excluding hydrogens is 254 g/mol. The fourth-order valence-corrected chi connectivity index (χ4v) is 2.08. The molecule has 0 aliphatic rings. The van der Waals surface area contributed by atoms with Gasteiger partial charge in [0, 0.05) is 12.7 Å². The van der Waals surface area contributed by atoms with E-state index in [4.69, 9.17) is 5.14 Å². The first-order valence-corrected chi connectivity index (χ1v) is 7.23. The molecule has 0 spiro atoms. The van der Waals surface area contributed by atoms with E-state index in [9.17, 15) is 8.42 Å². The number of rotatable bonds is 5. The first kappa shape index (κ1) is 12.8. The average Bonchev–Trinajstić information content (AvgIpc) is 2.65. The smallest absolute Gasteiger partial charge is 0.243 e. The molecule has 0 aliphatic heterocycles. The van der Waals surface area contributed by atoms with Gasteiger partial charge in [-0.3, -0.25) is 0 Å². The molecule has 0 aromatic carbocycles. The van der Waals surface area contributed by atoms with Crippen LogP contribution in [0.15, 0.2) is 18.3 Å². The van der Waals surface area contributed by atoms with E-state index in [2.05, 4.69) is 15.4 Å². The molecule has 8 heteroatoms. The standard InChI is InChI=1S/C10H15N5O2S/c1-8-3-5-15-9(7-8)13-10(14-15)12-4-2-6-18(11,16)17/h3,5,7H,2,4,6H2,1H3,(H,12,14)(H2,11,16,17). The van der Waals surface area contributed by atoms with Gasteiger partial charge in [0.05, 0.1) is 5.75 Å². The minimum Gasteiger partial charge on any atom is -0.353 e. The fraction of sp³-hybridized carbons (Fsp3) is 0.400. The molecule has 2 aromatic heterocycles. The monoisotopic (exact) mass is 269 g/mol. The zero-order valence-corrected chi connectivity index (χ0v) is 10.8. The van der Waals surface area contributed by atoms with Crippen LogP contribution in [-0.4, -0.2) is 35.3 Å². The van der Waals surface area contributed by atoms with Crippen molar-refractivity contribution in [2.24, 2.45) is 5.14 Å². The Kier molecular flexibility index (Phi) is 3.48. The van der Waals surface area contributed by atoms with Crippen LogP contribution in [0.25, 0.3) is 5.65 Å². The Balaban J connectivity index is 1.96. The van der Waals surface area contributed by atoms with E-state index in [0.717, 1.165) is 11.2 Å². The summed E-state index contributed by atoms with van der Waals surface area (Å²) in [5.74, 6) is 0.432. The lowest BCUT2D eigenvalue weighted by Gasteiger charge is -1.99.